The van der Waals surface area contributed by atoms with E-state index < -0.39 is 0 Å². The molecule has 0 spiro atoms. The quantitative estimate of drug-likeness (QED) is 0.877. The summed E-state index contributed by atoms with van der Waals surface area (Å²) in [6.07, 6.45) is 0. The zero-order valence-electron chi connectivity index (χ0n) is 12.4. The van der Waals surface area contributed by atoms with Gasteiger partial charge in [-0.2, -0.15) is 0 Å². The number of rotatable bonds is 5. The van der Waals surface area contributed by atoms with Gasteiger partial charge >= 0.3 is 0 Å². The van der Waals surface area contributed by atoms with Gasteiger partial charge in [0.25, 0.3) is 0 Å². The van der Waals surface area contributed by atoms with Crippen LogP contribution in [0.15, 0.2) is 24.3 Å². The van der Waals surface area contributed by atoms with E-state index in [9.17, 15) is 0 Å². The van der Waals surface area contributed by atoms with Crippen molar-refractivity contribution in [3.8, 4) is 0 Å². The fourth-order valence-electron chi connectivity index (χ4n) is 2.39. The highest BCUT2D eigenvalue weighted by atomic mass is 16.5. The average molecular weight is 273 g/mol. The van der Waals surface area contributed by atoms with E-state index in [0.717, 1.165) is 16.6 Å². The maximum atomic E-state index is 6.22. The van der Waals surface area contributed by atoms with Gasteiger partial charge < -0.3 is 16.2 Å². The van der Waals surface area contributed by atoms with Crippen LogP contribution in [0.4, 0.5) is 11.4 Å². The average Bonchev–Trinajstić information content (AvgIpc) is 2.44. The molecule has 1 heterocycles. The highest BCUT2D eigenvalue weighted by Gasteiger charge is 2.22. The lowest BCUT2D eigenvalue weighted by Gasteiger charge is -2.23. The van der Waals surface area contributed by atoms with E-state index in [1.54, 1.807) is 0 Å². The van der Waals surface area contributed by atoms with Crippen LogP contribution in [0.25, 0.3) is 10.9 Å². The number of para-hydroxylation sites is 1. The van der Waals surface area contributed by atoms with E-state index in [0.29, 0.717) is 30.5 Å². The summed E-state index contributed by atoms with van der Waals surface area (Å²) in [5.74, 6) is 0.541. The minimum atomic E-state index is 0.154. The predicted octanol–water partition coefficient (Wildman–Crippen LogP) is 3.18. The fourth-order valence-corrected chi connectivity index (χ4v) is 2.39. The molecule has 4 nitrogen and oxygen atoms in total. The number of hydrogen-bond acceptors (Lipinski definition) is 4. The van der Waals surface area contributed by atoms with Crippen molar-refractivity contribution >= 4 is 22.3 Å². The Kier molecular flexibility index (Phi) is 4.45. The van der Waals surface area contributed by atoms with E-state index >= 15 is 0 Å². The first kappa shape index (κ1) is 14.6. The van der Waals surface area contributed by atoms with Crippen LogP contribution in [0.5, 0.6) is 0 Å². The molecule has 0 saturated carbocycles. The van der Waals surface area contributed by atoms with Gasteiger partial charge in [-0.05, 0) is 18.9 Å². The lowest BCUT2D eigenvalue weighted by Crippen LogP contribution is -2.18. The van der Waals surface area contributed by atoms with Crippen LogP contribution in [0.3, 0.4) is 0 Å². The van der Waals surface area contributed by atoms with Crippen LogP contribution >= 0.6 is 0 Å². The van der Waals surface area contributed by atoms with Crippen molar-refractivity contribution in [3.05, 3.63) is 30.0 Å². The first-order valence-electron chi connectivity index (χ1n) is 7.07. The monoisotopic (exact) mass is 273 g/mol. The van der Waals surface area contributed by atoms with E-state index in [1.165, 1.54) is 0 Å². The molecule has 2 aromatic rings. The third kappa shape index (κ3) is 2.70. The molecule has 0 aliphatic heterocycles. The molecular weight excluding hydrogens is 250 g/mol. The van der Waals surface area contributed by atoms with Crippen LogP contribution < -0.4 is 11.5 Å². The number of fused-ring (bicyclic) bond motifs is 1. The number of pyridine rings is 1. The number of nitrogen functional groups attached to an aromatic ring is 2. The Morgan fingerprint density at radius 3 is 2.50 bits per heavy atom. The van der Waals surface area contributed by atoms with Gasteiger partial charge in [-0.3, -0.25) is 4.98 Å². The molecule has 4 heteroatoms. The molecule has 20 heavy (non-hydrogen) atoms. The summed E-state index contributed by atoms with van der Waals surface area (Å²) in [6.45, 7) is 7.59. The minimum absolute atomic E-state index is 0.154. The summed E-state index contributed by atoms with van der Waals surface area (Å²) < 4.78 is 5.58. The first-order chi connectivity index (χ1) is 9.56. The van der Waals surface area contributed by atoms with Crippen molar-refractivity contribution in [2.24, 2.45) is 5.92 Å². The molecule has 1 aromatic carbocycles. The highest BCUT2D eigenvalue weighted by Crippen LogP contribution is 2.35. The second-order valence-electron chi connectivity index (χ2n) is 5.35. The van der Waals surface area contributed by atoms with E-state index in [4.69, 9.17) is 21.2 Å². The summed E-state index contributed by atoms with van der Waals surface area (Å²) in [5, 5.41) is 0.910. The number of nitrogens with two attached hydrogens (primary N) is 2. The molecule has 108 valence electrons. The molecule has 2 rings (SSSR count). The Balaban J connectivity index is 2.54. The molecule has 0 aliphatic carbocycles. The van der Waals surface area contributed by atoms with Crippen molar-refractivity contribution < 1.29 is 4.74 Å². The largest absolute Gasteiger partial charge is 0.396 e. The van der Waals surface area contributed by atoms with Crippen LogP contribution in [0.1, 0.15) is 32.4 Å². The predicted molar refractivity (Wildman–Crippen MR) is 84.6 cm³/mol. The number of aromatic nitrogens is 1. The number of hydrogen-bond donors (Lipinski definition) is 2. The Morgan fingerprint density at radius 1 is 1.15 bits per heavy atom. The Labute approximate surface area is 120 Å². The van der Waals surface area contributed by atoms with Crippen molar-refractivity contribution in [3.63, 3.8) is 0 Å². The highest BCUT2D eigenvalue weighted by molar-refractivity contribution is 5.96. The van der Waals surface area contributed by atoms with Crippen molar-refractivity contribution in [1.82, 2.24) is 4.98 Å². The second-order valence-corrected chi connectivity index (χ2v) is 5.35. The van der Waals surface area contributed by atoms with E-state index in [-0.39, 0.29) is 5.92 Å². The standard InChI is InChI=1S/C16H23N3O/c1-4-20-9-12(10(2)3)16-15(18)14(17)11-7-5-6-8-13(11)19-16/h5-8,10,12H,4,9,18H2,1-3H3,(H2,17,19)/t12-/m0/s1. The molecular formula is C16H23N3O. The maximum Gasteiger partial charge on any atom is 0.0777 e. The normalized spacial score (nSPS) is 13.0. The molecule has 0 amide bonds. The Hall–Kier alpha value is -1.81. The SMILES string of the molecule is CCOC[C@H](c1nc2ccccc2c(N)c1N)C(C)C. The van der Waals surface area contributed by atoms with Gasteiger partial charge in [0.1, 0.15) is 0 Å². The topological polar surface area (TPSA) is 74.2 Å². The van der Waals surface area contributed by atoms with E-state index in [1.807, 2.05) is 31.2 Å². The van der Waals surface area contributed by atoms with Crippen LogP contribution in [0.2, 0.25) is 0 Å². The van der Waals surface area contributed by atoms with Crippen LogP contribution in [-0.2, 0) is 4.74 Å². The molecule has 0 saturated heterocycles. The lowest BCUT2D eigenvalue weighted by atomic mass is 9.91. The third-order valence-corrected chi connectivity index (χ3v) is 3.66. The zero-order valence-corrected chi connectivity index (χ0v) is 12.4. The summed E-state index contributed by atoms with van der Waals surface area (Å²) in [4.78, 5) is 4.73. The van der Waals surface area contributed by atoms with Crippen LogP contribution in [-0.4, -0.2) is 18.2 Å². The van der Waals surface area contributed by atoms with Gasteiger partial charge in [-0.15, -0.1) is 0 Å². The molecule has 1 aromatic heterocycles. The molecule has 0 bridgehead atoms. The fraction of sp³-hybridized carbons (Fsp3) is 0.438. The molecule has 0 radical (unpaired) electrons. The molecule has 0 aliphatic rings. The van der Waals surface area contributed by atoms with Gasteiger partial charge in [-0.25, -0.2) is 0 Å². The summed E-state index contributed by atoms with van der Waals surface area (Å²) in [7, 11) is 0. The van der Waals surface area contributed by atoms with Gasteiger partial charge in [0.05, 0.1) is 29.2 Å². The Bertz CT molecular complexity index is 596. The number of benzene rings is 1. The number of ether oxygens (including phenoxy) is 1. The third-order valence-electron chi connectivity index (χ3n) is 3.66. The Morgan fingerprint density at radius 2 is 1.85 bits per heavy atom. The minimum Gasteiger partial charge on any atom is -0.396 e. The zero-order chi connectivity index (χ0) is 14.7. The van der Waals surface area contributed by atoms with Crippen molar-refractivity contribution in [1.29, 1.82) is 0 Å². The second kappa shape index (κ2) is 6.09. The molecule has 0 unspecified atom stereocenters. The van der Waals surface area contributed by atoms with E-state index in [2.05, 4.69) is 13.8 Å². The summed E-state index contributed by atoms with van der Waals surface area (Å²) in [5.41, 5.74) is 15.3. The van der Waals surface area contributed by atoms with Crippen molar-refractivity contribution in [2.45, 2.75) is 26.7 Å². The molecule has 4 N–H and O–H groups in total. The number of nitrogens with zero attached hydrogens (tertiary/aromatic N) is 1. The van der Waals surface area contributed by atoms with Gasteiger partial charge in [0, 0.05) is 17.9 Å². The molecule has 1 atom stereocenters. The van der Waals surface area contributed by atoms with Gasteiger partial charge in [0.15, 0.2) is 0 Å². The van der Waals surface area contributed by atoms with Gasteiger partial charge in [0.2, 0.25) is 0 Å². The number of anilines is 2. The first-order valence-corrected chi connectivity index (χ1v) is 7.07. The van der Waals surface area contributed by atoms with Crippen LogP contribution in [0, 0.1) is 5.92 Å². The van der Waals surface area contributed by atoms with Gasteiger partial charge in [-0.1, -0.05) is 32.0 Å². The molecule has 0 fully saturated rings. The summed E-state index contributed by atoms with van der Waals surface area (Å²) in [6, 6.07) is 7.82. The summed E-state index contributed by atoms with van der Waals surface area (Å²) >= 11 is 0. The van der Waals surface area contributed by atoms with Crippen molar-refractivity contribution in [2.75, 3.05) is 24.7 Å². The maximum absolute atomic E-state index is 6.22. The lowest BCUT2D eigenvalue weighted by molar-refractivity contribution is 0.119. The smallest absolute Gasteiger partial charge is 0.0777 e.